The van der Waals surface area contributed by atoms with Crippen LogP contribution in [0.3, 0.4) is 0 Å². The summed E-state index contributed by atoms with van der Waals surface area (Å²) in [4.78, 5) is 0. The summed E-state index contributed by atoms with van der Waals surface area (Å²) in [5.41, 5.74) is 1.99. The maximum absolute atomic E-state index is 12.0. The summed E-state index contributed by atoms with van der Waals surface area (Å²) in [6, 6.07) is -0.191. The molecule has 1 aliphatic carbocycles. The smallest absolute Gasteiger partial charge is 0.214 e. The number of aromatic nitrogens is 2. The molecule has 2 rings (SSSR count). The number of hydrogen-bond acceptors (Lipinski definition) is 4. The third-order valence-electron chi connectivity index (χ3n) is 3.50. The van der Waals surface area contributed by atoms with Gasteiger partial charge in [-0.2, -0.15) is 5.10 Å². The van der Waals surface area contributed by atoms with Crippen molar-refractivity contribution in [3.63, 3.8) is 0 Å². The van der Waals surface area contributed by atoms with Crippen LogP contribution in [-0.2, 0) is 23.0 Å². The van der Waals surface area contributed by atoms with Gasteiger partial charge in [0.2, 0.25) is 10.0 Å². The average molecular weight is 287 g/mol. The molecule has 2 N–H and O–H groups in total. The maximum atomic E-state index is 12.0. The summed E-state index contributed by atoms with van der Waals surface area (Å²) in [5.74, 6) is 0. The van der Waals surface area contributed by atoms with Crippen molar-refractivity contribution in [3.05, 3.63) is 17.5 Å². The molecule has 0 aliphatic heterocycles. The van der Waals surface area contributed by atoms with Gasteiger partial charge in [-0.15, -0.1) is 0 Å². The Labute approximate surface area is 113 Å². The van der Waals surface area contributed by atoms with Crippen LogP contribution in [0, 0.1) is 0 Å². The predicted octanol–water partition coefficient (Wildman–Crippen LogP) is 0.581. The number of rotatable bonds is 5. The number of aliphatic hydroxyl groups excluding tert-OH is 1. The van der Waals surface area contributed by atoms with Gasteiger partial charge in [0.1, 0.15) is 0 Å². The Hall–Kier alpha value is -0.920. The molecule has 0 amide bonds. The van der Waals surface area contributed by atoms with Crippen LogP contribution in [0.25, 0.3) is 0 Å². The lowest BCUT2D eigenvalue weighted by Gasteiger charge is -2.25. The van der Waals surface area contributed by atoms with E-state index in [9.17, 15) is 8.42 Å². The monoisotopic (exact) mass is 287 g/mol. The first-order valence-corrected chi connectivity index (χ1v) is 8.17. The molecule has 0 saturated carbocycles. The summed E-state index contributed by atoms with van der Waals surface area (Å²) in [6.45, 7) is 3.83. The fourth-order valence-electron chi connectivity index (χ4n) is 2.36. The minimum Gasteiger partial charge on any atom is -0.394 e. The highest BCUT2D eigenvalue weighted by atomic mass is 32.2. The molecule has 0 radical (unpaired) electrons. The zero-order valence-corrected chi connectivity index (χ0v) is 12.2. The first-order chi connectivity index (χ1) is 8.95. The minimum absolute atomic E-state index is 0.0382. The standard InChI is InChI=1S/C12H21N3O3S/c1-9(2)19(17,18)14-11-4-3-5-12-10(11)8-13-15(12)6-7-16/h8-9,11,14,16H,3-7H2,1-2H3. The molecule has 1 unspecified atom stereocenters. The predicted molar refractivity (Wildman–Crippen MR) is 72.2 cm³/mol. The fourth-order valence-corrected chi connectivity index (χ4v) is 3.28. The van der Waals surface area contributed by atoms with Gasteiger partial charge in [-0.25, -0.2) is 13.1 Å². The maximum Gasteiger partial charge on any atom is 0.214 e. The van der Waals surface area contributed by atoms with Crippen LogP contribution in [0.2, 0.25) is 0 Å². The van der Waals surface area contributed by atoms with Crippen molar-refractivity contribution in [1.29, 1.82) is 0 Å². The molecule has 1 aromatic heterocycles. The molecule has 0 spiro atoms. The van der Waals surface area contributed by atoms with Crippen LogP contribution in [0.1, 0.15) is 44.0 Å². The molecule has 1 aromatic rings. The van der Waals surface area contributed by atoms with Crippen LogP contribution in [-0.4, -0.2) is 35.2 Å². The van der Waals surface area contributed by atoms with Crippen molar-refractivity contribution in [1.82, 2.24) is 14.5 Å². The van der Waals surface area contributed by atoms with Gasteiger partial charge in [0.05, 0.1) is 30.6 Å². The molecule has 0 bridgehead atoms. The van der Waals surface area contributed by atoms with Gasteiger partial charge >= 0.3 is 0 Å². The Balaban J connectivity index is 2.24. The van der Waals surface area contributed by atoms with E-state index in [-0.39, 0.29) is 12.6 Å². The largest absolute Gasteiger partial charge is 0.394 e. The zero-order chi connectivity index (χ0) is 14.0. The molecule has 1 aliphatic rings. The van der Waals surface area contributed by atoms with Crippen LogP contribution in [0.4, 0.5) is 0 Å². The zero-order valence-electron chi connectivity index (χ0n) is 11.3. The van der Waals surface area contributed by atoms with Gasteiger partial charge in [-0.3, -0.25) is 4.68 Å². The Morgan fingerprint density at radius 2 is 2.32 bits per heavy atom. The van der Waals surface area contributed by atoms with E-state index in [1.807, 2.05) is 0 Å². The topological polar surface area (TPSA) is 84.2 Å². The van der Waals surface area contributed by atoms with Gasteiger partial charge in [0, 0.05) is 11.3 Å². The van der Waals surface area contributed by atoms with E-state index in [0.717, 1.165) is 30.5 Å². The lowest BCUT2D eigenvalue weighted by molar-refractivity contribution is 0.266. The van der Waals surface area contributed by atoms with Gasteiger partial charge in [0.25, 0.3) is 0 Å². The highest BCUT2D eigenvalue weighted by molar-refractivity contribution is 7.90. The van der Waals surface area contributed by atoms with E-state index >= 15 is 0 Å². The summed E-state index contributed by atoms with van der Waals surface area (Å²) in [7, 11) is -3.28. The van der Waals surface area contributed by atoms with Gasteiger partial charge in [-0.05, 0) is 33.1 Å². The molecular weight excluding hydrogens is 266 g/mol. The molecular formula is C12H21N3O3S. The lowest BCUT2D eigenvalue weighted by atomic mass is 9.94. The van der Waals surface area contributed by atoms with Gasteiger partial charge < -0.3 is 5.11 Å². The Morgan fingerprint density at radius 3 is 2.95 bits per heavy atom. The molecule has 7 heteroatoms. The quantitative estimate of drug-likeness (QED) is 0.829. The Kier molecular flexibility index (Phi) is 4.27. The normalized spacial score (nSPS) is 19.7. The van der Waals surface area contributed by atoms with Crippen molar-refractivity contribution >= 4 is 10.0 Å². The molecule has 0 fully saturated rings. The third kappa shape index (κ3) is 2.98. The Bertz CT molecular complexity index is 536. The second-order valence-corrected chi connectivity index (χ2v) is 7.42. The summed E-state index contributed by atoms with van der Waals surface area (Å²) in [5, 5.41) is 12.8. The highest BCUT2D eigenvalue weighted by Crippen LogP contribution is 2.30. The molecule has 1 atom stereocenters. The number of aliphatic hydroxyl groups is 1. The van der Waals surface area contributed by atoms with E-state index in [1.165, 1.54) is 0 Å². The van der Waals surface area contributed by atoms with E-state index in [0.29, 0.717) is 6.54 Å². The number of nitrogens with one attached hydrogen (secondary N) is 1. The molecule has 1 heterocycles. The number of nitrogens with zero attached hydrogens (tertiary/aromatic N) is 2. The number of fused-ring (bicyclic) bond motifs is 1. The van der Waals surface area contributed by atoms with Crippen molar-refractivity contribution in [2.24, 2.45) is 0 Å². The number of hydrogen-bond donors (Lipinski definition) is 2. The average Bonchev–Trinajstić information content (AvgIpc) is 2.74. The van der Waals surface area contributed by atoms with Crippen LogP contribution < -0.4 is 4.72 Å². The lowest BCUT2D eigenvalue weighted by Crippen LogP contribution is -2.35. The summed E-state index contributed by atoms with van der Waals surface area (Å²) < 4.78 is 28.5. The SMILES string of the molecule is CC(C)S(=O)(=O)NC1CCCc2c1cnn2CCO. The summed E-state index contributed by atoms with van der Waals surface area (Å²) >= 11 is 0. The highest BCUT2D eigenvalue weighted by Gasteiger charge is 2.28. The number of sulfonamides is 1. The molecule has 6 nitrogen and oxygen atoms in total. The van der Waals surface area contributed by atoms with Gasteiger partial charge in [-0.1, -0.05) is 0 Å². The third-order valence-corrected chi connectivity index (χ3v) is 5.36. The first-order valence-electron chi connectivity index (χ1n) is 6.62. The molecule has 0 aromatic carbocycles. The van der Waals surface area contributed by atoms with E-state index in [4.69, 9.17) is 5.11 Å². The van der Waals surface area contributed by atoms with E-state index in [1.54, 1.807) is 24.7 Å². The summed E-state index contributed by atoms with van der Waals surface area (Å²) in [6.07, 6.45) is 4.33. The fraction of sp³-hybridized carbons (Fsp3) is 0.750. The van der Waals surface area contributed by atoms with Crippen molar-refractivity contribution in [3.8, 4) is 0 Å². The van der Waals surface area contributed by atoms with Crippen LogP contribution in [0.5, 0.6) is 0 Å². The minimum atomic E-state index is -3.28. The van der Waals surface area contributed by atoms with E-state index < -0.39 is 15.3 Å². The van der Waals surface area contributed by atoms with Gasteiger partial charge in [0.15, 0.2) is 0 Å². The second-order valence-electron chi connectivity index (χ2n) is 5.15. The Morgan fingerprint density at radius 1 is 1.58 bits per heavy atom. The molecule has 108 valence electrons. The van der Waals surface area contributed by atoms with Crippen LogP contribution in [0.15, 0.2) is 6.20 Å². The van der Waals surface area contributed by atoms with Crippen molar-refractivity contribution in [2.45, 2.75) is 50.9 Å². The van der Waals surface area contributed by atoms with E-state index in [2.05, 4.69) is 9.82 Å². The first kappa shape index (κ1) is 14.5. The molecule has 19 heavy (non-hydrogen) atoms. The second kappa shape index (κ2) is 5.60. The molecule has 0 saturated heterocycles. The van der Waals surface area contributed by atoms with Crippen molar-refractivity contribution < 1.29 is 13.5 Å². The van der Waals surface area contributed by atoms with Crippen LogP contribution >= 0.6 is 0 Å². The van der Waals surface area contributed by atoms with Crippen molar-refractivity contribution in [2.75, 3.05) is 6.61 Å².